The van der Waals surface area contributed by atoms with E-state index in [1.54, 1.807) is 0 Å². The smallest absolute Gasteiger partial charge is 0.331 e. The van der Waals surface area contributed by atoms with E-state index in [0.717, 1.165) is 0 Å². The third kappa shape index (κ3) is 29.3. The van der Waals surface area contributed by atoms with Gasteiger partial charge < -0.3 is 14.6 Å². The number of hydrogen-bond donors (Lipinski definition) is 1. The highest BCUT2D eigenvalue weighted by molar-refractivity contribution is 5.70. The first-order chi connectivity index (χ1) is 6.16. The number of aliphatic hydroxyl groups is 1. The summed E-state index contributed by atoms with van der Waals surface area (Å²) in [5.41, 5.74) is 0. The Morgan fingerprint density at radius 3 is 1.75 bits per heavy atom. The summed E-state index contributed by atoms with van der Waals surface area (Å²) in [7, 11) is 0. The summed E-state index contributed by atoms with van der Waals surface area (Å²) in [5, 5.41) is 8.16. The van der Waals surface area contributed by atoms with Gasteiger partial charge in [0.05, 0.1) is 0 Å². The fourth-order valence-corrected chi connectivity index (χ4v) is 0.387. The van der Waals surface area contributed by atoms with Gasteiger partial charge in [-0.25, -0.2) is 4.79 Å². The minimum atomic E-state index is -0.725. The van der Waals surface area contributed by atoms with E-state index in [2.05, 4.69) is 22.6 Å². The maximum atomic E-state index is 10.2. The molecule has 0 aromatic carbocycles. The van der Waals surface area contributed by atoms with E-state index < -0.39 is 18.5 Å². The Labute approximate surface area is 99.1 Å². The van der Waals surface area contributed by atoms with Crippen LogP contribution < -0.4 is 0 Å². The molecule has 5 nitrogen and oxygen atoms in total. The number of esters is 2. The van der Waals surface area contributed by atoms with Crippen LogP contribution in [0, 0.1) is 0 Å². The molecule has 0 atom stereocenters. The number of carbonyl (C=O) groups is 2. The summed E-state index contributed by atoms with van der Waals surface area (Å²) in [6.45, 7) is 6.62. The first-order valence-electron chi connectivity index (χ1n) is 3.56. The van der Waals surface area contributed by atoms with Gasteiger partial charge in [0.1, 0.15) is 19.8 Å². The molecule has 0 aliphatic heterocycles. The maximum absolute atomic E-state index is 10.2. The third-order valence-electron chi connectivity index (χ3n) is 0.781. The molecule has 0 aromatic heterocycles. The zero-order valence-electron chi connectivity index (χ0n) is 7.62. The van der Waals surface area contributed by atoms with Crippen LogP contribution in [0.4, 0.5) is 0 Å². The summed E-state index contributed by atoms with van der Waals surface area (Å²) in [5.74, 6) is -1.15. The van der Waals surface area contributed by atoms with Crippen molar-refractivity contribution in [1.29, 1.82) is 0 Å². The second-order valence-corrected chi connectivity index (χ2v) is 1.72. The Balaban J connectivity index is -0.0000000760. The zero-order valence-corrected chi connectivity index (χ0v) is 7.62. The van der Waals surface area contributed by atoms with E-state index in [0.29, 0.717) is 0 Å². The second-order valence-electron chi connectivity index (χ2n) is 1.72. The van der Waals surface area contributed by atoms with E-state index in [1.807, 2.05) is 0 Å². The molecule has 0 spiro atoms. The molecule has 0 heterocycles. The fraction of sp³-hybridized carbons (Fsp3) is 0.636. The summed E-state index contributed by atoms with van der Waals surface area (Å²) < 4.78 is 8.81. The Bertz CT molecular complexity index is 156. The predicted molar refractivity (Wildman–Crippen MR) is 66.1 cm³/mol. The molecule has 0 radical (unpaired) electrons. The second kappa shape index (κ2) is 23.5. The molecule has 0 amide bonds. The van der Waals surface area contributed by atoms with Crippen molar-refractivity contribution in [3.05, 3.63) is 13.2 Å². The predicted octanol–water partition coefficient (Wildman–Crippen LogP) is 1.80. The zero-order chi connectivity index (χ0) is 10.7. The molecule has 0 saturated heterocycles. The Kier molecular flexibility index (Phi) is 43.0. The fourth-order valence-electron chi connectivity index (χ4n) is 0.387. The van der Waals surface area contributed by atoms with Crippen molar-refractivity contribution in [3.63, 3.8) is 0 Å². The van der Waals surface area contributed by atoms with Crippen LogP contribution in [0.3, 0.4) is 0 Å². The van der Waals surface area contributed by atoms with Crippen LogP contribution in [-0.2, 0) is 19.1 Å². The minimum absolute atomic E-state index is 0. The van der Waals surface area contributed by atoms with Crippen LogP contribution in [0.15, 0.2) is 13.2 Å². The standard InChI is InChI=1S/C6H10O5.C2H4.3CH4/c1-5(8)10-2-3-11-6(9)4-7;1-2;;;/h7H,2-4H2,1H3;1-2H2;3*1H4. The highest BCUT2D eigenvalue weighted by Gasteiger charge is 1.98. The lowest BCUT2D eigenvalue weighted by Gasteiger charge is -2.01. The van der Waals surface area contributed by atoms with E-state index in [9.17, 15) is 9.59 Å². The molecule has 0 fully saturated rings. The average Bonchev–Trinajstić information content (AvgIpc) is 2.15. The monoisotopic (exact) mass is 238 g/mol. The molecule has 0 aromatic rings. The van der Waals surface area contributed by atoms with E-state index in [-0.39, 0.29) is 35.5 Å². The molecule has 0 unspecified atom stereocenters. The van der Waals surface area contributed by atoms with E-state index in [4.69, 9.17) is 5.11 Å². The van der Waals surface area contributed by atoms with Gasteiger partial charge in [0, 0.05) is 6.92 Å². The van der Waals surface area contributed by atoms with Crippen molar-refractivity contribution in [2.24, 2.45) is 0 Å². The van der Waals surface area contributed by atoms with Crippen LogP contribution in [-0.4, -0.2) is 36.9 Å². The van der Waals surface area contributed by atoms with Gasteiger partial charge in [-0.1, -0.05) is 22.3 Å². The van der Waals surface area contributed by atoms with Crippen LogP contribution in [0.2, 0.25) is 0 Å². The van der Waals surface area contributed by atoms with Gasteiger partial charge >= 0.3 is 11.9 Å². The van der Waals surface area contributed by atoms with Crippen molar-refractivity contribution < 1.29 is 24.2 Å². The van der Waals surface area contributed by atoms with Crippen LogP contribution in [0.5, 0.6) is 0 Å². The van der Waals surface area contributed by atoms with Gasteiger partial charge in [-0.3, -0.25) is 4.79 Å². The average molecular weight is 238 g/mol. The lowest BCUT2D eigenvalue weighted by atomic mass is 10.7. The van der Waals surface area contributed by atoms with Crippen LogP contribution in [0.1, 0.15) is 29.2 Å². The lowest BCUT2D eigenvalue weighted by molar-refractivity contribution is -0.153. The lowest BCUT2D eigenvalue weighted by Crippen LogP contribution is -2.14. The highest BCUT2D eigenvalue weighted by atomic mass is 16.6. The SMILES string of the molecule is C.C.C.C=C.CC(=O)OCCOC(=O)CO. The number of hydrogen-bond acceptors (Lipinski definition) is 5. The summed E-state index contributed by atoms with van der Waals surface area (Å²) >= 11 is 0. The molecule has 0 saturated carbocycles. The Morgan fingerprint density at radius 2 is 1.44 bits per heavy atom. The van der Waals surface area contributed by atoms with E-state index >= 15 is 0 Å². The summed E-state index contributed by atoms with van der Waals surface area (Å²) in [4.78, 5) is 20.4. The molecule has 1 N–H and O–H groups in total. The quantitative estimate of drug-likeness (QED) is 0.459. The number of carbonyl (C=O) groups excluding carboxylic acids is 2. The normalized spacial score (nSPS) is 6.38. The number of rotatable bonds is 4. The number of aliphatic hydroxyl groups excluding tert-OH is 1. The Hall–Kier alpha value is -1.36. The maximum Gasteiger partial charge on any atom is 0.331 e. The molecule has 0 aliphatic carbocycles. The van der Waals surface area contributed by atoms with Crippen molar-refractivity contribution in [2.45, 2.75) is 29.2 Å². The summed E-state index contributed by atoms with van der Waals surface area (Å²) in [6.07, 6.45) is 0. The minimum Gasteiger partial charge on any atom is -0.462 e. The molecule has 0 aliphatic rings. The first-order valence-corrected chi connectivity index (χ1v) is 3.56. The van der Waals surface area contributed by atoms with Crippen molar-refractivity contribution in [1.82, 2.24) is 0 Å². The summed E-state index contributed by atoms with van der Waals surface area (Å²) in [6, 6.07) is 0. The Morgan fingerprint density at radius 1 is 1.06 bits per heavy atom. The molecular formula is C11H26O5. The molecule has 16 heavy (non-hydrogen) atoms. The van der Waals surface area contributed by atoms with Crippen LogP contribution in [0.25, 0.3) is 0 Å². The van der Waals surface area contributed by atoms with Crippen molar-refractivity contribution in [3.8, 4) is 0 Å². The first kappa shape index (κ1) is 29.3. The van der Waals surface area contributed by atoms with Gasteiger partial charge in [0.25, 0.3) is 0 Å². The molecule has 0 bridgehead atoms. The van der Waals surface area contributed by atoms with Gasteiger partial charge in [0.2, 0.25) is 0 Å². The molecule has 0 rings (SSSR count). The van der Waals surface area contributed by atoms with Crippen LogP contribution >= 0.6 is 0 Å². The van der Waals surface area contributed by atoms with Gasteiger partial charge in [-0.15, -0.1) is 13.2 Å². The molecule has 5 heteroatoms. The van der Waals surface area contributed by atoms with Gasteiger partial charge in [-0.05, 0) is 0 Å². The van der Waals surface area contributed by atoms with Crippen molar-refractivity contribution in [2.75, 3.05) is 19.8 Å². The van der Waals surface area contributed by atoms with Gasteiger partial charge in [-0.2, -0.15) is 0 Å². The van der Waals surface area contributed by atoms with Crippen molar-refractivity contribution >= 4 is 11.9 Å². The van der Waals surface area contributed by atoms with E-state index in [1.165, 1.54) is 6.92 Å². The number of ether oxygens (including phenoxy) is 2. The molecular weight excluding hydrogens is 212 g/mol. The topological polar surface area (TPSA) is 72.8 Å². The third-order valence-corrected chi connectivity index (χ3v) is 0.781. The highest BCUT2D eigenvalue weighted by Crippen LogP contribution is 1.80. The molecule has 100 valence electrons. The largest absolute Gasteiger partial charge is 0.462 e. The van der Waals surface area contributed by atoms with Gasteiger partial charge in [0.15, 0.2) is 0 Å².